The summed E-state index contributed by atoms with van der Waals surface area (Å²) < 4.78 is 0.832. The van der Waals surface area contributed by atoms with Crippen molar-refractivity contribution in [2.24, 2.45) is 0 Å². The van der Waals surface area contributed by atoms with Gasteiger partial charge >= 0.3 is 0 Å². The molecule has 2 amide bonds. The van der Waals surface area contributed by atoms with Gasteiger partial charge in [-0.05, 0) is 55.4 Å². The van der Waals surface area contributed by atoms with Crippen molar-refractivity contribution < 1.29 is 14.7 Å². The zero-order chi connectivity index (χ0) is 19.8. The average Bonchev–Trinajstić information content (AvgIpc) is 2.64. The van der Waals surface area contributed by atoms with Gasteiger partial charge in [-0.1, -0.05) is 34.1 Å². The first-order valence-corrected chi connectivity index (χ1v) is 9.49. The second kappa shape index (κ2) is 10.1. The molecule has 2 aromatic carbocycles. The SMILES string of the molecule is Cc1ccc(C(=O)NC(=S)Nc2ccccc2C(=O)NCCCO)cc1Br. The predicted octanol–water partition coefficient (Wildman–Crippen LogP) is 3.00. The Morgan fingerprint density at radius 1 is 1.15 bits per heavy atom. The number of aryl methyl sites for hydroxylation is 1. The maximum Gasteiger partial charge on any atom is 0.257 e. The van der Waals surface area contributed by atoms with Crippen LogP contribution < -0.4 is 16.0 Å². The van der Waals surface area contributed by atoms with E-state index < -0.39 is 0 Å². The summed E-state index contributed by atoms with van der Waals surface area (Å²) in [5, 5.41) is 17.1. The minimum absolute atomic E-state index is 0.00538. The number of benzene rings is 2. The molecule has 0 aliphatic carbocycles. The van der Waals surface area contributed by atoms with Crippen LogP contribution >= 0.6 is 28.1 Å². The number of nitrogens with one attached hydrogen (secondary N) is 3. The average molecular weight is 450 g/mol. The zero-order valence-electron chi connectivity index (χ0n) is 14.7. The molecule has 2 aromatic rings. The van der Waals surface area contributed by atoms with Gasteiger partial charge in [0.25, 0.3) is 11.8 Å². The van der Waals surface area contributed by atoms with E-state index in [9.17, 15) is 9.59 Å². The molecule has 0 saturated carbocycles. The first-order chi connectivity index (χ1) is 12.9. The highest BCUT2D eigenvalue weighted by atomic mass is 79.9. The molecule has 0 radical (unpaired) electrons. The molecule has 6 nitrogen and oxygen atoms in total. The van der Waals surface area contributed by atoms with Crippen molar-refractivity contribution in [2.45, 2.75) is 13.3 Å². The van der Waals surface area contributed by atoms with Crippen molar-refractivity contribution in [3.63, 3.8) is 0 Å². The van der Waals surface area contributed by atoms with Gasteiger partial charge in [0.2, 0.25) is 0 Å². The molecule has 0 aliphatic heterocycles. The number of para-hydroxylation sites is 1. The van der Waals surface area contributed by atoms with Gasteiger partial charge < -0.3 is 15.7 Å². The van der Waals surface area contributed by atoms with Crippen LogP contribution in [0.5, 0.6) is 0 Å². The quantitative estimate of drug-likeness (QED) is 0.402. The number of amides is 2. The molecule has 0 spiro atoms. The Hall–Kier alpha value is -2.29. The lowest BCUT2D eigenvalue weighted by Gasteiger charge is -2.13. The van der Waals surface area contributed by atoms with Gasteiger partial charge in [-0.2, -0.15) is 0 Å². The zero-order valence-corrected chi connectivity index (χ0v) is 17.1. The van der Waals surface area contributed by atoms with E-state index in [0.717, 1.165) is 10.0 Å². The van der Waals surface area contributed by atoms with E-state index in [1.54, 1.807) is 36.4 Å². The van der Waals surface area contributed by atoms with Gasteiger partial charge in [0, 0.05) is 23.2 Å². The first-order valence-electron chi connectivity index (χ1n) is 8.29. The lowest BCUT2D eigenvalue weighted by Crippen LogP contribution is -2.35. The van der Waals surface area contributed by atoms with Crippen molar-refractivity contribution in [1.29, 1.82) is 0 Å². The van der Waals surface area contributed by atoms with E-state index in [1.807, 2.05) is 13.0 Å². The molecule has 0 fully saturated rings. The highest BCUT2D eigenvalue weighted by Gasteiger charge is 2.13. The van der Waals surface area contributed by atoms with Gasteiger partial charge in [-0.15, -0.1) is 0 Å². The topological polar surface area (TPSA) is 90.5 Å². The number of hydrogen-bond donors (Lipinski definition) is 4. The molecule has 27 heavy (non-hydrogen) atoms. The molecule has 0 bridgehead atoms. The molecule has 4 N–H and O–H groups in total. The van der Waals surface area contributed by atoms with Gasteiger partial charge in [0.05, 0.1) is 11.3 Å². The van der Waals surface area contributed by atoms with Crippen molar-refractivity contribution in [2.75, 3.05) is 18.5 Å². The van der Waals surface area contributed by atoms with Crippen molar-refractivity contribution in [3.05, 3.63) is 63.6 Å². The normalized spacial score (nSPS) is 10.2. The molecule has 8 heteroatoms. The first kappa shape index (κ1) is 21.0. The van der Waals surface area contributed by atoms with Crippen LogP contribution in [0, 0.1) is 6.92 Å². The Labute approximate surface area is 171 Å². The van der Waals surface area contributed by atoms with Crippen molar-refractivity contribution in [3.8, 4) is 0 Å². The van der Waals surface area contributed by atoms with E-state index in [4.69, 9.17) is 17.3 Å². The molecule has 0 aliphatic rings. The molecule has 0 atom stereocenters. The Morgan fingerprint density at radius 3 is 2.59 bits per heavy atom. The van der Waals surface area contributed by atoms with E-state index in [2.05, 4.69) is 31.9 Å². The standard InChI is InChI=1S/C19H20BrN3O3S/c1-12-7-8-13(11-15(12)20)17(25)23-19(27)22-16-6-3-2-5-14(16)18(26)21-9-4-10-24/h2-3,5-8,11,24H,4,9-10H2,1H3,(H,21,26)(H2,22,23,25,27). The maximum absolute atomic E-state index is 12.3. The molecular weight excluding hydrogens is 430 g/mol. The summed E-state index contributed by atoms with van der Waals surface area (Å²) in [6.07, 6.45) is 0.474. The minimum Gasteiger partial charge on any atom is -0.396 e. The fraction of sp³-hybridized carbons (Fsp3) is 0.211. The second-order valence-corrected chi connectivity index (χ2v) is 7.01. The molecule has 0 heterocycles. The van der Waals surface area contributed by atoms with Crippen molar-refractivity contribution >= 4 is 50.8 Å². The highest BCUT2D eigenvalue weighted by molar-refractivity contribution is 9.10. The summed E-state index contributed by atoms with van der Waals surface area (Å²) in [6.45, 7) is 2.30. The summed E-state index contributed by atoms with van der Waals surface area (Å²) in [5.74, 6) is -0.638. The van der Waals surface area contributed by atoms with Gasteiger partial charge in [0.15, 0.2) is 5.11 Å². The number of anilines is 1. The fourth-order valence-corrected chi connectivity index (χ4v) is 2.81. The minimum atomic E-state index is -0.349. The number of hydrogen-bond acceptors (Lipinski definition) is 4. The van der Waals surface area contributed by atoms with Crippen LogP contribution in [-0.4, -0.2) is 35.2 Å². The summed E-state index contributed by atoms with van der Waals surface area (Å²) >= 11 is 8.60. The van der Waals surface area contributed by atoms with Crippen LogP contribution in [0.25, 0.3) is 0 Å². The summed E-state index contributed by atoms with van der Waals surface area (Å²) in [7, 11) is 0. The largest absolute Gasteiger partial charge is 0.396 e. The second-order valence-electron chi connectivity index (χ2n) is 5.75. The summed E-state index contributed by atoms with van der Waals surface area (Å²) in [5.41, 5.74) is 2.36. The molecule has 2 rings (SSSR count). The van der Waals surface area contributed by atoms with Crippen LogP contribution in [-0.2, 0) is 0 Å². The number of thiocarbonyl (C=S) groups is 1. The number of aliphatic hydroxyl groups excluding tert-OH is 1. The third-order valence-electron chi connectivity index (χ3n) is 3.70. The van der Waals surface area contributed by atoms with E-state index in [0.29, 0.717) is 29.8 Å². The van der Waals surface area contributed by atoms with E-state index in [-0.39, 0.29) is 23.5 Å². The van der Waals surface area contributed by atoms with Gasteiger partial charge in [0.1, 0.15) is 0 Å². The molecular formula is C19H20BrN3O3S. The van der Waals surface area contributed by atoms with Crippen LogP contribution in [0.15, 0.2) is 46.9 Å². The van der Waals surface area contributed by atoms with Crippen LogP contribution in [0.4, 0.5) is 5.69 Å². The Balaban J connectivity index is 2.04. The molecule has 142 valence electrons. The molecule has 0 aromatic heterocycles. The van der Waals surface area contributed by atoms with Gasteiger partial charge in [-0.3, -0.25) is 14.9 Å². The van der Waals surface area contributed by atoms with E-state index in [1.165, 1.54) is 0 Å². The monoisotopic (exact) mass is 449 g/mol. The van der Waals surface area contributed by atoms with Crippen LogP contribution in [0.1, 0.15) is 32.7 Å². The smallest absolute Gasteiger partial charge is 0.257 e. The molecule has 0 unspecified atom stereocenters. The fourth-order valence-electron chi connectivity index (χ4n) is 2.23. The lowest BCUT2D eigenvalue weighted by atomic mass is 10.1. The van der Waals surface area contributed by atoms with Crippen LogP contribution in [0.2, 0.25) is 0 Å². The highest BCUT2D eigenvalue weighted by Crippen LogP contribution is 2.18. The number of halogens is 1. The van der Waals surface area contributed by atoms with Crippen LogP contribution in [0.3, 0.4) is 0 Å². The summed E-state index contributed by atoms with van der Waals surface area (Å²) in [4.78, 5) is 24.6. The summed E-state index contributed by atoms with van der Waals surface area (Å²) in [6, 6.07) is 12.1. The predicted molar refractivity (Wildman–Crippen MR) is 113 cm³/mol. The number of carbonyl (C=O) groups is 2. The lowest BCUT2D eigenvalue weighted by molar-refractivity contribution is 0.0950. The van der Waals surface area contributed by atoms with Crippen molar-refractivity contribution in [1.82, 2.24) is 10.6 Å². The Kier molecular flexibility index (Phi) is 7.90. The third kappa shape index (κ3) is 6.13. The van der Waals surface area contributed by atoms with E-state index >= 15 is 0 Å². The molecule has 0 saturated heterocycles. The van der Waals surface area contributed by atoms with Gasteiger partial charge in [-0.25, -0.2) is 0 Å². The Bertz CT molecular complexity index is 858. The maximum atomic E-state index is 12.3. The number of rotatable bonds is 6. The third-order valence-corrected chi connectivity index (χ3v) is 4.76. The Morgan fingerprint density at radius 2 is 1.89 bits per heavy atom. The number of carbonyl (C=O) groups excluding carboxylic acids is 2. The number of aliphatic hydroxyl groups is 1.